The zero-order chi connectivity index (χ0) is 13.1. The van der Waals surface area contributed by atoms with Crippen LogP contribution in [0, 0.1) is 5.92 Å². The van der Waals surface area contributed by atoms with Crippen molar-refractivity contribution in [1.29, 1.82) is 0 Å². The van der Waals surface area contributed by atoms with E-state index in [2.05, 4.69) is 13.8 Å². The summed E-state index contributed by atoms with van der Waals surface area (Å²) < 4.78 is 5.47. The van der Waals surface area contributed by atoms with E-state index in [-0.39, 0.29) is 6.09 Å². The molecule has 3 nitrogen and oxygen atoms in total. The number of hydrogen-bond donors (Lipinski definition) is 0. The minimum Gasteiger partial charge on any atom is -0.444 e. The summed E-state index contributed by atoms with van der Waals surface area (Å²) in [6.07, 6.45) is 4.46. The Bertz CT molecular complexity index is 257. The predicted octanol–water partition coefficient (Wildman–Crippen LogP) is 3.82. The molecule has 1 aliphatic rings. The Hall–Kier alpha value is -0.730. The van der Waals surface area contributed by atoms with Crippen LogP contribution in [0.1, 0.15) is 60.3 Å². The van der Waals surface area contributed by atoms with Gasteiger partial charge >= 0.3 is 6.09 Å². The van der Waals surface area contributed by atoms with Crippen LogP contribution >= 0.6 is 0 Å². The van der Waals surface area contributed by atoms with Gasteiger partial charge in [0.2, 0.25) is 0 Å². The molecule has 17 heavy (non-hydrogen) atoms. The van der Waals surface area contributed by atoms with Crippen LogP contribution in [0.4, 0.5) is 4.79 Å². The monoisotopic (exact) mass is 241 g/mol. The maximum absolute atomic E-state index is 12.1. The molecule has 1 rings (SSSR count). The second-order valence-electron chi connectivity index (χ2n) is 6.15. The van der Waals surface area contributed by atoms with Crippen molar-refractivity contribution in [1.82, 2.24) is 4.90 Å². The second-order valence-corrected chi connectivity index (χ2v) is 6.15. The third-order valence-corrected chi connectivity index (χ3v) is 3.33. The fourth-order valence-electron chi connectivity index (χ4n) is 2.58. The molecule has 1 heterocycles. The number of hydrogen-bond acceptors (Lipinski definition) is 2. The molecule has 100 valence electrons. The first-order valence-electron chi connectivity index (χ1n) is 6.84. The van der Waals surface area contributed by atoms with Crippen molar-refractivity contribution in [3.05, 3.63) is 0 Å². The van der Waals surface area contributed by atoms with E-state index >= 15 is 0 Å². The number of likely N-dealkylation sites (tertiary alicyclic amines) is 1. The summed E-state index contributed by atoms with van der Waals surface area (Å²) in [5.74, 6) is 0.579. The Morgan fingerprint density at radius 2 is 2.12 bits per heavy atom. The van der Waals surface area contributed by atoms with Crippen LogP contribution in [0.25, 0.3) is 0 Å². The molecule has 1 amide bonds. The highest BCUT2D eigenvalue weighted by molar-refractivity contribution is 5.69. The highest BCUT2D eigenvalue weighted by Gasteiger charge is 2.34. The van der Waals surface area contributed by atoms with Crippen LogP contribution < -0.4 is 0 Å². The van der Waals surface area contributed by atoms with Crippen LogP contribution in [-0.2, 0) is 4.74 Å². The summed E-state index contributed by atoms with van der Waals surface area (Å²) in [4.78, 5) is 14.0. The molecule has 1 unspecified atom stereocenters. The Labute approximate surface area is 106 Å². The summed E-state index contributed by atoms with van der Waals surface area (Å²) >= 11 is 0. The van der Waals surface area contributed by atoms with E-state index in [4.69, 9.17) is 4.74 Å². The SMILES string of the molecule is CCCC(C)[C@H]1CCCN1C(=O)OC(C)(C)C. The first-order chi connectivity index (χ1) is 7.85. The maximum Gasteiger partial charge on any atom is 0.410 e. The van der Waals surface area contributed by atoms with Crippen molar-refractivity contribution in [3.8, 4) is 0 Å². The van der Waals surface area contributed by atoms with Crippen LogP contribution in [0.5, 0.6) is 0 Å². The van der Waals surface area contributed by atoms with Crippen molar-refractivity contribution in [2.24, 2.45) is 5.92 Å². The van der Waals surface area contributed by atoms with Crippen LogP contribution in [-0.4, -0.2) is 29.2 Å². The molecule has 0 N–H and O–H groups in total. The summed E-state index contributed by atoms with van der Waals surface area (Å²) in [7, 11) is 0. The molecule has 0 saturated carbocycles. The molecule has 1 fully saturated rings. The van der Waals surface area contributed by atoms with E-state index in [1.165, 1.54) is 12.8 Å². The molecule has 2 atom stereocenters. The van der Waals surface area contributed by atoms with E-state index in [9.17, 15) is 4.79 Å². The molecular formula is C14H27NO2. The van der Waals surface area contributed by atoms with Gasteiger partial charge in [0.15, 0.2) is 0 Å². The zero-order valence-corrected chi connectivity index (χ0v) is 12.0. The van der Waals surface area contributed by atoms with Gasteiger partial charge in [0.25, 0.3) is 0 Å². The Morgan fingerprint density at radius 1 is 1.47 bits per heavy atom. The van der Waals surface area contributed by atoms with Crippen LogP contribution in [0.3, 0.4) is 0 Å². The van der Waals surface area contributed by atoms with E-state index < -0.39 is 5.60 Å². The van der Waals surface area contributed by atoms with Gasteiger partial charge in [0.05, 0.1) is 0 Å². The lowest BCUT2D eigenvalue weighted by Crippen LogP contribution is -2.42. The van der Waals surface area contributed by atoms with Gasteiger partial charge in [-0.3, -0.25) is 0 Å². The molecule has 0 aliphatic carbocycles. The lowest BCUT2D eigenvalue weighted by molar-refractivity contribution is 0.0179. The van der Waals surface area contributed by atoms with Crippen molar-refractivity contribution < 1.29 is 9.53 Å². The topological polar surface area (TPSA) is 29.5 Å². The molecule has 0 spiro atoms. The van der Waals surface area contributed by atoms with E-state index in [1.54, 1.807) is 0 Å². The predicted molar refractivity (Wildman–Crippen MR) is 70.0 cm³/mol. The standard InChI is InChI=1S/C14H27NO2/c1-6-8-11(2)12-9-7-10-15(12)13(16)17-14(3,4)5/h11-12H,6-10H2,1-5H3/t11?,12-/m1/s1. The molecule has 3 heteroatoms. The Morgan fingerprint density at radius 3 is 2.65 bits per heavy atom. The summed E-state index contributed by atoms with van der Waals surface area (Å²) in [5.41, 5.74) is -0.391. The maximum atomic E-state index is 12.1. The highest BCUT2D eigenvalue weighted by atomic mass is 16.6. The third-order valence-electron chi connectivity index (χ3n) is 3.33. The summed E-state index contributed by atoms with van der Waals surface area (Å²) in [6.45, 7) is 11.1. The molecular weight excluding hydrogens is 214 g/mol. The molecule has 1 aliphatic heterocycles. The largest absolute Gasteiger partial charge is 0.444 e. The quantitative estimate of drug-likeness (QED) is 0.751. The number of ether oxygens (including phenoxy) is 1. The summed E-state index contributed by atoms with van der Waals surface area (Å²) in [6, 6.07) is 0.379. The molecule has 0 bridgehead atoms. The minimum absolute atomic E-state index is 0.136. The van der Waals surface area contributed by atoms with Gasteiger partial charge in [0.1, 0.15) is 5.60 Å². The smallest absolute Gasteiger partial charge is 0.410 e. The molecule has 0 aromatic heterocycles. The zero-order valence-electron chi connectivity index (χ0n) is 12.0. The number of rotatable bonds is 3. The molecule has 1 saturated heterocycles. The van der Waals surface area contributed by atoms with E-state index in [0.717, 1.165) is 19.4 Å². The first-order valence-corrected chi connectivity index (χ1v) is 6.84. The van der Waals surface area contributed by atoms with Crippen molar-refractivity contribution in [2.75, 3.05) is 6.54 Å². The van der Waals surface area contributed by atoms with Gasteiger partial charge in [-0.15, -0.1) is 0 Å². The Kier molecular flexibility index (Phi) is 4.84. The Balaban J connectivity index is 2.59. The van der Waals surface area contributed by atoms with Crippen molar-refractivity contribution >= 4 is 6.09 Å². The van der Waals surface area contributed by atoms with Gasteiger partial charge in [-0.1, -0.05) is 20.3 Å². The normalized spacial score (nSPS) is 22.6. The van der Waals surface area contributed by atoms with Gasteiger partial charge < -0.3 is 9.64 Å². The van der Waals surface area contributed by atoms with Gasteiger partial charge in [-0.2, -0.15) is 0 Å². The van der Waals surface area contributed by atoms with Gasteiger partial charge in [-0.05, 0) is 46.0 Å². The first kappa shape index (κ1) is 14.3. The number of carbonyl (C=O) groups is 1. The van der Waals surface area contributed by atoms with Crippen molar-refractivity contribution in [3.63, 3.8) is 0 Å². The number of nitrogens with zero attached hydrogens (tertiary/aromatic N) is 1. The van der Waals surface area contributed by atoms with Crippen LogP contribution in [0.15, 0.2) is 0 Å². The number of amides is 1. The van der Waals surface area contributed by atoms with Crippen molar-refractivity contribution in [2.45, 2.75) is 71.9 Å². The number of carbonyl (C=O) groups excluding carboxylic acids is 1. The average molecular weight is 241 g/mol. The van der Waals surface area contributed by atoms with E-state index in [0.29, 0.717) is 12.0 Å². The fraction of sp³-hybridized carbons (Fsp3) is 0.929. The summed E-state index contributed by atoms with van der Waals surface area (Å²) in [5, 5.41) is 0. The highest BCUT2D eigenvalue weighted by Crippen LogP contribution is 2.28. The fourth-order valence-corrected chi connectivity index (χ4v) is 2.58. The molecule has 0 aromatic carbocycles. The average Bonchev–Trinajstić information content (AvgIpc) is 2.63. The minimum atomic E-state index is -0.391. The third kappa shape index (κ3) is 4.21. The van der Waals surface area contributed by atoms with Gasteiger partial charge in [-0.25, -0.2) is 4.79 Å². The lowest BCUT2D eigenvalue weighted by Gasteiger charge is -2.31. The molecule has 0 aromatic rings. The second kappa shape index (κ2) is 5.74. The van der Waals surface area contributed by atoms with E-state index in [1.807, 2.05) is 25.7 Å². The lowest BCUT2D eigenvalue weighted by atomic mass is 9.95. The molecule has 0 radical (unpaired) electrons. The van der Waals surface area contributed by atoms with Crippen LogP contribution in [0.2, 0.25) is 0 Å². The van der Waals surface area contributed by atoms with Gasteiger partial charge in [0, 0.05) is 12.6 Å².